The summed E-state index contributed by atoms with van der Waals surface area (Å²) in [5, 5.41) is 0. The highest BCUT2D eigenvalue weighted by Gasteiger charge is 2.23. The number of ether oxygens (including phenoxy) is 1. The van der Waals surface area contributed by atoms with Gasteiger partial charge in [0.05, 0.1) is 13.7 Å². The first kappa shape index (κ1) is 19.9. The van der Waals surface area contributed by atoms with Crippen molar-refractivity contribution in [1.82, 2.24) is 19.9 Å². The number of pyridine rings is 2. The number of ketones is 1. The van der Waals surface area contributed by atoms with Gasteiger partial charge in [-0.1, -0.05) is 6.07 Å². The fourth-order valence-corrected chi connectivity index (χ4v) is 3.64. The van der Waals surface area contributed by atoms with E-state index in [2.05, 4.69) is 9.97 Å². The summed E-state index contributed by atoms with van der Waals surface area (Å²) in [6.07, 6.45) is 6.02. The van der Waals surface area contributed by atoms with Crippen LogP contribution in [0.3, 0.4) is 0 Å². The number of anilines is 1. The highest BCUT2D eigenvalue weighted by Crippen LogP contribution is 2.31. The normalized spacial score (nSPS) is 12.5. The maximum Gasteiger partial charge on any atom is 0.212 e. The molecular formula is C22H22FN5O2. The molecule has 0 atom stereocenters. The molecule has 154 valence electrons. The minimum absolute atomic E-state index is 0.00248. The van der Waals surface area contributed by atoms with Gasteiger partial charge in [-0.05, 0) is 37.0 Å². The van der Waals surface area contributed by atoms with Crippen LogP contribution in [0.2, 0.25) is 0 Å². The van der Waals surface area contributed by atoms with Crippen LogP contribution in [0.15, 0.2) is 36.7 Å². The van der Waals surface area contributed by atoms with E-state index in [-0.39, 0.29) is 18.7 Å². The number of halogens is 1. The van der Waals surface area contributed by atoms with E-state index in [0.717, 1.165) is 36.3 Å². The van der Waals surface area contributed by atoms with Gasteiger partial charge < -0.3 is 9.64 Å². The van der Waals surface area contributed by atoms with Crippen molar-refractivity contribution in [3.63, 3.8) is 0 Å². The monoisotopic (exact) mass is 407 g/mol. The quantitative estimate of drug-likeness (QED) is 0.557. The van der Waals surface area contributed by atoms with Crippen molar-refractivity contribution < 1.29 is 13.9 Å². The van der Waals surface area contributed by atoms with Gasteiger partial charge in [-0.15, -0.1) is 0 Å². The average molecular weight is 407 g/mol. The molecule has 0 radical (unpaired) electrons. The number of methoxy groups -OCH3 is 1. The van der Waals surface area contributed by atoms with Crippen LogP contribution in [0.25, 0.3) is 11.5 Å². The maximum absolute atomic E-state index is 13.0. The molecule has 7 nitrogen and oxygen atoms in total. The van der Waals surface area contributed by atoms with E-state index in [1.165, 1.54) is 12.3 Å². The molecule has 3 aromatic rings. The molecule has 3 aromatic heterocycles. The van der Waals surface area contributed by atoms with Crippen molar-refractivity contribution >= 4 is 11.6 Å². The first-order valence-electron chi connectivity index (χ1n) is 9.77. The Hall–Kier alpha value is -3.42. The largest absolute Gasteiger partial charge is 0.497 e. The summed E-state index contributed by atoms with van der Waals surface area (Å²) in [6, 6.07) is 6.41. The van der Waals surface area contributed by atoms with Gasteiger partial charge in [0, 0.05) is 43.2 Å². The molecule has 1 aliphatic carbocycles. The number of likely N-dealkylation sites (N-methyl/N-ethyl adjacent to an activating group) is 1. The maximum atomic E-state index is 13.0. The first-order valence-corrected chi connectivity index (χ1v) is 9.77. The van der Waals surface area contributed by atoms with Crippen molar-refractivity contribution in [2.75, 3.05) is 25.6 Å². The smallest absolute Gasteiger partial charge is 0.212 e. The van der Waals surface area contributed by atoms with E-state index in [1.807, 2.05) is 11.9 Å². The molecule has 4 rings (SSSR count). The van der Waals surface area contributed by atoms with E-state index >= 15 is 0 Å². The van der Waals surface area contributed by atoms with Gasteiger partial charge in [0.2, 0.25) is 5.95 Å². The third-order valence-electron chi connectivity index (χ3n) is 5.07. The highest BCUT2D eigenvalue weighted by molar-refractivity contribution is 5.85. The van der Waals surface area contributed by atoms with E-state index in [9.17, 15) is 9.18 Å². The Kier molecular flexibility index (Phi) is 5.65. The molecular weight excluding hydrogens is 385 g/mol. The van der Waals surface area contributed by atoms with Crippen molar-refractivity contribution in [2.24, 2.45) is 0 Å². The molecule has 0 aliphatic heterocycles. The number of carbonyl (C=O) groups is 1. The van der Waals surface area contributed by atoms with Gasteiger partial charge in [-0.25, -0.2) is 15.0 Å². The van der Waals surface area contributed by atoms with Crippen LogP contribution >= 0.6 is 0 Å². The van der Waals surface area contributed by atoms with Gasteiger partial charge in [0.1, 0.15) is 17.3 Å². The van der Waals surface area contributed by atoms with Crippen molar-refractivity contribution in [3.8, 4) is 17.3 Å². The van der Waals surface area contributed by atoms with Crippen LogP contribution in [0.5, 0.6) is 5.75 Å². The van der Waals surface area contributed by atoms with E-state index in [4.69, 9.17) is 14.7 Å². The highest BCUT2D eigenvalue weighted by atomic mass is 19.1. The summed E-state index contributed by atoms with van der Waals surface area (Å²) in [5.41, 5.74) is 3.40. The number of hydrogen-bond donors (Lipinski definition) is 0. The van der Waals surface area contributed by atoms with Crippen LogP contribution < -0.4 is 9.64 Å². The fourth-order valence-electron chi connectivity index (χ4n) is 3.64. The summed E-state index contributed by atoms with van der Waals surface area (Å²) >= 11 is 0. The van der Waals surface area contributed by atoms with Crippen LogP contribution in [-0.2, 0) is 24.1 Å². The zero-order valence-electron chi connectivity index (χ0n) is 16.9. The Bertz CT molecular complexity index is 1070. The summed E-state index contributed by atoms with van der Waals surface area (Å²) < 4.78 is 18.3. The lowest BCUT2D eigenvalue weighted by atomic mass is 10.1. The molecule has 0 saturated carbocycles. The summed E-state index contributed by atoms with van der Waals surface area (Å²) in [7, 11) is 3.45. The standard InChI is InChI=1S/C22H22FN5O2/c1-28(13-15(29)10-14-6-7-20(23)25-12-14)22-17-4-3-5-18(17)26-21(27-22)19-11-16(30-2)8-9-24-19/h6-9,11-12H,3-5,10,13H2,1-2H3. The molecule has 0 N–H and O–H groups in total. The van der Waals surface area contributed by atoms with Crippen molar-refractivity contribution in [3.05, 3.63) is 59.4 Å². The number of aryl methyl sites for hydroxylation is 1. The van der Waals surface area contributed by atoms with Crippen molar-refractivity contribution in [1.29, 1.82) is 0 Å². The third kappa shape index (κ3) is 4.27. The second kappa shape index (κ2) is 8.52. The Labute approximate surface area is 174 Å². The van der Waals surface area contributed by atoms with Gasteiger partial charge in [0.15, 0.2) is 11.6 Å². The molecule has 8 heteroatoms. The number of Topliss-reactive ketones (excluding diaryl/α,β-unsaturated/α-hetero) is 1. The topological polar surface area (TPSA) is 81.1 Å². The minimum Gasteiger partial charge on any atom is -0.497 e. The molecule has 1 aliphatic rings. The number of hydrogen-bond acceptors (Lipinski definition) is 7. The SMILES string of the molecule is COc1ccnc(-c2nc3c(c(N(C)CC(=O)Cc4ccc(F)nc4)n2)CCC3)c1. The Morgan fingerprint density at radius 1 is 1.20 bits per heavy atom. The minimum atomic E-state index is -0.557. The lowest BCUT2D eigenvalue weighted by Gasteiger charge is -2.21. The summed E-state index contributed by atoms with van der Waals surface area (Å²) in [4.78, 5) is 31.9. The summed E-state index contributed by atoms with van der Waals surface area (Å²) in [6.45, 7) is 0.186. The molecule has 0 amide bonds. The second-order valence-corrected chi connectivity index (χ2v) is 7.29. The molecule has 3 heterocycles. The second-order valence-electron chi connectivity index (χ2n) is 7.29. The lowest BCUT2D eigenvalue weighted by molar-refractivity contribution is -0.117. The fraction of sp³-hybridized carbons (Fsp3) is 0.318. The summed E-state index contributed by atoms with van der Waals surface area (Å²) in [5.74, 6) is 1.40. The van der Waals surface area contributed by atoms with E-state index in [0.29, 0.717) is 22.8 Å². The average Bonchev–Trinajstić information content (AvgIpc) is 3.23. The number of fused-ring (bicyclic) bond motifs is 1. The predicted molar refractivity (Wildman–Crippen MR) is 110 cm³/mol. The van der Waals surface area contributed by atoms with Gasteiger partial charge >= 0.3 is 0 Å². The van der Waals surface area contributed by atoms with Gasteiger partial charge in [-0.3, -0.25) is 9.78 Å². The number of aromatic nitrogens is 4. The van der Waals surface area contributed by atoms with Crippen molar-refractivity contribution in [2.45, 2.75) is 25.7 Å². The van der Waals surface area contributed by atoms with E-state index in [1.54, 1.807) is 31.5 Å². The zero-order valence-corrected chi connectivity index (χ0v) is 16.9. The van der Waals surface area contributed by atoms with Gasteiger partial charge in [-0.2, -0.15) is 4.39 Å². The molecule has 0 bridgehead atoms. The van der Waals surface area contributed by atoms with Crippen LogP contribution in [0.4, 0.5) is 10.2 Å². The molecule has 0 spiro atoms. The molecule has 30 heavy (non-hydrogen) atoms. The Morgan fingerprint density at radius 2 is 2.07 bits per heavy atom. The van der Waals surface area contributed by atoms with Gasteiger partial charge in [0.25, 0.3) is 0 Å². The lowest BCUT2D eigenvalue weighted by Crippen LogP contribution is -2.28. The zero-order chi connectivity index (χ0) is 21.1. The Morgan fingerprint density at radius 3 is 2.83 bits per heavy atom. The first-order chi connectivity index (χ1) is 14.5. The van der Waals surface area contributed by atoms with Crippen LogP contribution in [0.1, 0.15) is 23.2 Å². The van der Waals surface area contributed by atoms with Crippen LogP contribution in [-0.4, -0.2) is 46.4 Å². The molecule has 0 fully saturated rings. The molecule has 0 unspecified atom stereocenters. The predicted octanol–water partition coefficient (Wildman–Crippen LogP) is 2.82. The number of rotatable bonds is 7. The third-order valence-corrected chi connectivity index (χ3v) is 5.07. The molecule has 0 saturated heterocycles. The van der Waals surface area contributed by atoms with Crippen LogP contribution in [0, 0.1) is 5.95 Å². The number of nitrogens with zero attached hydrogens (tertiary/aromatic N) is 5. The Balaban J connectivity index is 1.58. The number of carbonyl (C=O) groups excluding carboxylic acids is 1. The van der Waals surface area contributed by atoms with E-state index < -0.39 is 5.95 Å². The molecule has 0 aromatic carbocycles.